The number of terminal acetylenes is 1. The number of fused-ring (bicyclic) bond motifs is 3. The molecule has 2 aromatic heterocycles. The van der Waals surface area contributed by atoms with Crippen molar-refractivity contribution in [3.63, 3.8) is 0 Å². The summed E-state index contributed by atoms with van der Waals surface area (Å²) < 4.78 is 7.23. The molecular formula is C19H23N5O3. The number of anilines is 1. The van der Waals surface area contributed by atoms with E-state index in [-0.39, 0.29) is 0 Å². The third-order valence-corrected chi connectivity index (χ3v) is 6.67. The van der Waals surface area contributed by atoms with Gasteiger partial charge < -0.3 is 20.3 Å². The van der Waals surface area contributed by atoms with Crippen molar-refractivity contribution >= 4 is 17.0 Å². The summed E-state index contributed by atoms with van der Waals surface area (Å²) in [6.45, 7) is 2.31. The number of rotatable bonds is 3. The van der Waals surface area contributed by atoms with Crippen LogP contribution < -0.4 is 5.32 Å². The number of aliphatic hydroxyl groups is 2. The fraction of sp³-hybridized carbons (Fsp3) is 0.632. The molecule has 142 valence electrons. The minimum atomic E-state index is -1.15. The summed E-state index contributed by atoms with van der Waals surface area (Å²) in [6, 6.07) is 0.396. The quantitative estimate of drug-likeness (QED) is 0.691. The predicted molar refractivity (Wildman–Crippen MR) is 97.5 cm³/mol. The highest BCUT2D eigenvalue weighted by Crippen LogP contribution is 2.49. The van der Waals surface area contributed by atoms with Gasteiger partial charge in [-0.1, -0.05) is 12.8 Å². The lowest BCUT2D eigenvalue weighted by atomic mass is 9.86. The first-order chi connectivity index (χ1) is 13.1. The number of aromatic nitrogens is 4. The Hall–Kier alpha value is -2.21. The molecule has 0 aromatic carbocycles. The van der Waals surface area contributed by atoms with Crippen molar-refractivity contribution in [3.8, 4) is 12.3 Å². The molecule has 0 radical (unpaired) electrons. The van der Waals surface area contributed by atoms with Crippen LogP contribution >= 0.6 is 0 Å². The Bertz CT molecular complexity index is 906. The number of aliphatic hydroxyl groups excluding tert-OH is 2. The molecule has 2 unspecified atom stereocenters. The zero-order valence-electron chi connectivity index (χ0n) is 15.1. The Balaban J connectivity index is 1.46. The second-order valence-corrected chi connectivity index (χ2v) is 8.00. The zero-order chi connectivity index (χ0) is 18.7. The number of imidazole rings is 1. The highest BCUT2D eigenvalue weighted by atomic mass is 16.6. The van der Waals surface area contributed by atoms with Crippen molar-refractivity contribution < 1.29 is 14.9 Å². The lowest BCUT2D eigenvalue weighted by Crippen LogP contribution is -2.33. The fourth-order valence-corrected chi connectivity index (χ4v) is 5.16. The van der Waals surface area contributed by atoms with Gasteiger partial charge in [-0.05, 0) is 37.0 Å². The number of hydrogen-bond acceptors (Lipinski definition) is 7. The van der Waals surface area contributed by atoms with Gasteiger partial charge >= 0.3 is 0 Å². The first-order valence-corrected chi connectivity index (χ1v) is 9.50. The second kappa shape index (κ2) is 6.16. The van der Waals surface area contributed by atoms with Gasteiger partial charge in [0, 0.05) is 6.04 Å². The first kappa shape index (κ1) is 16.9. The van der Waals surface area contributed by atoms with Gasteiger partial charge in [-0.2, -0.15) is 0 Å². The number of hydrogen-bond donors (Lipinski definition) is 3. The molecule has 1 saturated heterocycles. The SMILES string of the molecule is C#C[C@H]1OC(n2cnc3c(N[C@H]4[C@H]5CC[C@H](C5)[C@@H]4C)ncnc32)C(O)[C@@H]1O. The highest BCUT2D eigenvalue weighted by molar-refractivity contribution is 5.83. The van der Waals surface area contributed by atoms with Crippen LogP contribution in [0.3, 0.4) is 0 Å². The average molecular weight is 369 g/mol. The van der Waals surface area contributed by atoms with Gasteiger partial charge in [0.2, 0.25) is 0 Å². The number of nitrogens with one attached hydrogen (secondary N) is 1. The molecule has 27 heavy (non-hydrogen) atoms. The summed E-state index contributed by atoms with van der Waals surface area (Å²) in [5.74, 6) is 5.15. The lowest BCUT2D eigenvalue weighted by Gasteiger charge is -2.29. The molecule has 0 amide bonds. The number of nitrogens with zero attached hydrogens (tertiary/aromatic N) is 4. The minimum absolute atomic E-state index is 0.396. The molecule has 1 aliphatic heterocycles. The Kier molecular flexibility index (Phi) is 3.86. The van der Waals surface area contributed by atoms with Crippen molar-refractivity contribution in [2.45, 2.75) is 56.8 Å². The van der Waals surface area contributed by atoms with E-state index in [9.17, 15) is 10.2 Å². The monoisotopic (exact) mass is 369 g/mol. The van der Waals surface area contributed by atoms with Gasteiger partial charge in [0.25, 0.3) is 0 Å². The standard InChI is InChI=1S/C19H23N5O3/c1-3-12-15(25)16(26)19(27-12)24-8-22-14-17(20-7-21-18(14)24)23-13-9(2)10-4-5-11(13)6-10/h1,7-13,15-16,19,25-26H,4-6H2,2H3,(H,20,21,23)/t9-,10+,11-,12+,13+,15+,16?,19?/m0/s1. The molecule has 0 spiro atoms. The van der Waals surface area contributed by atoms with Gasteiger partial charge in [-0.3, -0.25) is 4.57 Å². The van der Waals surface area contributed by atoms with E-state index in [1.165, 1.54) is 25.6 Å². The van der Waals surface area contributed by atoms with E-state index in [2.05, 4.69) is 33.1 Å². The molecular weight excluding hydrogens is 346 g/mol. The molecule has 2 aromatic rings. The van der Waals surface area contributed by atoms with Crippen LogP contribution in [0.15, 0.2) is 12.7 Å². The van der Waals surface area contributed by atoms with Crippen LogP contribution in [0.1, 0.15) is 32.4 Å². The van der Waals surface area contributed by atoms with Crippen molar-refractivity contribution in [2.24, 2.45) is 17.8 Å². The molecule has 3 fully saturated rings. The second-order valence-electron chi connectivity index (χ2n) is 8.00. The third-order valence-electron chi connectivity index (χ3n) is 6.67. The molecule has 8 nitrogen and oxygen atoms in total. The van der Waals surface area contributed by atoms with Crippen LogP contribution in [-0.2, 0) is 4.74 Å². The maximum absolute atomic E-state index is 10.3. The largest absolute Gasteiger partial charge is 0.386 e. The summed E-state index contributed by atoms with van der Waals surface area (Å²) in [7, 11) is 0. The van der Waals surface area contributed by atoms with Gasteiger partial charge in [-0.15, -0.1) is 6.42 Å². The number of ether oxygens (including phenoxy) is 1. The smallest absolute Gasteiger partial charge is 0.167 e. The summed E-state index contributed by atoms with van der Waals surface area (Å²) in [5, 5.41) is 24.0. The predicted octanol–water partition coefficient (Wildman–Crippen LogP) is 0.925. The lowest BCUT2D eigenvalue weighted by molar-refractivity contribution is -0.0230. The molecule has 3 heterocycles. The minimum Gasteiger partial charge on any atom is -0.386 e. The molecule has 8 atom stereocenters. The summed E-state index contributed by atoms with van der Waals surface area (Å²) in [5.41, 5.74) is 1.17. The van der Waals surface area contributed by atoms with Crippen LogP contribution in [0.4, 0.5) is 5.82 Å². The van der Waals surface area contributed by atoms with E-state index >= 15 is 0 Å². The van der Waals surface area contributed by atoms with E-state index in [4.69, 9.17) is 11.2 Å². The van der Waals surface area contributed by atoms with Gasteiger partial charge in [0.05, 0.1) is 6.33 Å². The van der Waals surface area contributed by atoms with Crippen molar-refractivity contribution in [1.29, 1.82) is 0 Å². The maximum atomic E-state index is 10.3. The van der Waals surface area contributed by atoms with Crippen molar-refractivity contribution in [1.82, 2.24) is 19.5 Å². The highest BCUT2D eigenvalue weighted by Gasteiger charge is 2.46. The van der Waals surface area contributed by atoms with Crippen LogP contribution in [0.5, 0.6) is 0 Å². The Morgan fingerprint density at radius 3 is 2.74 bits per heavy atom. The summed E-state index contributed by atoms with van der Waals surface area (Å²) in [4.78, 5) is 13.2. The van der Waals surface area contributed by atoms with Crippen molar-refractivity contribution in [3.05, 3.63) is 12.7 Å². The summed E-state index contributed by atoms with van der Waals surface area (Å²) in [6.07, 6.45) is 8.28. The maximum Gasteiger partial charge on any atom is 0.167 e. The molecule has 3 aliphatic rings. The zero-order valence-corrected chi connectivity index (χ0v) is 15.1. The van der Waals surface area contributed by atoms with E-state index in [0.29, 0.717) is 34.9 Å². The van der Waals surface area contributed by atoms with E-state index < -0.39 is 24.5 Å². The molecule has 2 aliphatic carbocycles. The van der Waals surface area contributed by atoms with E-state index in [1.807, 2.05) is 0 Å². The Labute approximate surface area is 157 Å². The van der Waals surface area contributed by atoms with Gasteiger partial charge in [-0.25, -0.2) is 15.0 Å². The van der Waals surface area contributed by atoms with Crippen LogP contribution in [0, 0.1) is 30.1 Å². The van der Waals surface area contributed by atoms with Gasteiger partial charge in [0.1, 0.15) is 24.6 Å². The van der Waals surface area contributed by atoms with Crippen LogP contribution in [0.2, 0.25) is 0 Å². The Morgan fingerprint density at radius 1 is 1.22 bits per heavy atom. The first-order valence-electron chi connectivity index (χ1n) is 9.50. The van der Waals surface area contributed by atoms with Crippen LogP contribution in [0.25, 0.3) is 11.2 Å². The molecule has 8 heteroatoms. The molecule has 5 rings (SSSR count). The normalized spacial score (nSPS) is 40.5. The van der Waals surface area contributed by atoms with E-state index in [1.54, 1.807) is 10.9 Å². The molecule has 3 N–H and O–H groups in total. The average Bonchev–Trinajstić information content (AvgIpc) is 3.42. The molecule has 2 saturated carbocycles. The van der Waals surface area contributed by atoms with Gasteiger partial charge in [0.15, 0.2) is 23.2 Å². The third kappa shape index (κ3) is 2.46. The summed E-state index contributed by atoms with van der Waals surface area (Å²) >= 11 is 0. The van der Waals surface area contributed by atoms with E-state index in [0.717, 1.165) is 5.92 Å². The topological polar surface area (TPSA) is 105 Å². The van der Waals surface area contributed by atoms with Crippen LogP contribution in [-0.4, -0.2) is 54.1 Å². The fourth-order valence-electron chi connectivity index (χ4n) is 5.16. The Morgan fingerprint density at radius 2 is 2.04 bits per heavy atom. The van der Waals surface area contributed by atoms with Crippen molar-refractivity contribution in [2.75, 3.05) is 5.32 Å². The molecule has 2 bridgehead atoms.